The van der Waals surface area contributed by atoms with E-state index in [1.807, 2.05) is 19.1 Å². The van der Waals surface area contributed by atoms with Gasteiger partial charge in [0.05, 0.1) is 5.69 Å². The van der Waals surface area contributed by atoms with Crippen molar-refractivity contribution >= 4 is 12.4 Å². The maximum atomic E-state index is 6.08. The van der Waals surface area contributed by atoms with Crippen LogP contribution in [0.25, 0.3) is 0 Å². The van der Waals surface area contributed by atoms with E-state index in [4.69, 9.17) is 4.74 Å². The highest BCUT2D eigenvalue weighted by molar-refractivity contribution is 5.85. The van der Waals surface area contributed by atoms with E-state index in [-0.39, 0.29) is 12.4 Å². The second kappa shape index (κ2) is 6.85. The number of aromatic nitrogens is 2. The first-order chi connectivity index (χ1) is 10.8. The van der Waals surface area contributed by atoms with E-state index in [9.17, 15) is 0 Å². The number of ether oxygens (including phenoxy) is 1. The molecule has 23 heavy (non-hydrogen) atoms. The van der Waals surface area contributed by atoms with Crippen molar-refractivity contribution in [1.29, 1.82) is 0 Å². The van der Waals surface area contributed by atoms with Crippen LogP contribution in [0.4, 0.5) is 0 Å². The average molecular weight is 332 g/mol. The van der Waals surface area contributed by atoms with Crippen LogP contribution in [-0.2, 0) is 6.42 Å². The number of fused-ring (bicyclic) bond motifs is 3. The Kier molecular flexibility index (Phi) is 4.83. The molecule has 5 heteroatoms. The van der Waals surface area contributed by atoms with Gasteiger partial charge in [-0.05, 0) is 56.8 Å². The molecule has 1 aliphatic carbocycles. The molecule has 0 radical (unpaired) electrons. The highest BCUT2D eigenvalue weighted by Gasteiger charge is 2.33. The maximum Gasteiger partial charge on any atom is 0.238 e. The fourth-order valence-corrected chi connectivity index (χ4v) is 3.78. The number of aryl methyl sites for hydroxylation is 2. The van der Waals surface area contributed by atoms with Gasteiger partial charge < -0.3 is 10.1 Å². The molecule has 0 saturated carbocycles. The maximum absolute atomic E-state index is 6.08. The average Bonchev–Trinajstić information content (AvgIpc) is 2.57. The minimum absolute atomic E-state index is 0. The third-order valence-corrected chi connectivity index (χ3v) is 4.82. The van der Waals surface area contributed by atoms with Gasteiger partial charge in [0.15, 0.2) is 0 Å². The van der Waals surface area contributed by atoms with E-state index >= 15 is 0 Å². The van der Waals surface area contributed by atoms with E-state index in [1.54, 1.807) is 0 Å². The molecule has 122 valence electrons. The van der Waals surface area contributed by atoms with Crippen molar-refractivity contribution in [3.63, 3.8) is 0 Å². The second-order valence-corrected chi connectivity index (χ2v) is 6.29. The fraction of sp³-hybridized carbons (Fsp3) is 0.444. The van der Waals surface area contributed by atoms with Gasteiger partial charge in [0.2, 0.25) is 5.88 Å². The highest BCUT2D eigenvalue weighted by Crippen LogP contribution is 2.42. The molecule has 4 nitrogen and oxygen atoms in total. The Morgan fingerprint density at radius 2 is 2.04 bits per heavy atom. The number of piperidine rings is 1. The summed E-state index contributed by atoms with van der Waals surface area (Å²) in [4.78, 5) is 0. The van der Waals surface area contributed by atoms with E-state index in [0.29, 0.717) is 17.8 Å². The van der Waals surface area contributed by atoms with Crippen LogP contribution >= 0.6 is 12.4 Å². The van der Waals surface area contributed by atoms with Gasteiger partial charge in [-0.3, -0.25) is 0 Å². The van der Waals surface area contributed by atoms with Crippen molar-refractivity contribution in [3.05, 3.63) is 47.2 Å². The molecule has 0 amide bonds. The SMILES string of the molecule is Cc1ccc(Oc2cccc3c2[C@@H]2CCCN[C@@H]2CC3)nn1.Cl. The predicted octanol–water partition coefficient (Wildman–Crippen LogP) is 3.78. The van der Waals surface area contributed by atoms with Crippen LogP contribution in [0.15, 0.2) is 30.3 Å². The Balaban J connectivity index is 0.00000156. The van der Waals surface area contributed by atoms with Gasteiger partial charge in [-0.1, -0.05) is 12.1 Å². The molecule has 1 saturated heterocycles. The van der Waals surface area contributed by atoms with E-state index < -0.39 is 0 Å². The van der Waals surface area contributed by atoms with Crippen LogP contribution < -0.4 is 10.1 Å². The summed E-state index contributed by atoms with van der Waals surface area (Å²) in [6.45, 7) is 3.07. The standard InChI is InChI=1S/C18H21N3O.ClH/c1-12-7-10-17(21-20-12)22-16-6-2-4-13-8-9-15-14(18(13)16)5-3-11-19-15;/h2,4,6-7,10,14-15,19H,3,5,8-9,11H2,1H3;1H/t14-,15-;/m1./s1. The molecule has 1 fully saturated rings. The quantitative estimate of drug-likeness (QED) is 0.909. The van der Waals surface area contributed by atoms with Crippen LogP contribution in [0, 0.1) is 6.92 Å². The van der Waals surface area contributed by atoms with Crippen molar-refractivity contribution in [2.24, 2.45) is 0 Å². The Bertz CT molecular complexity index is 674. The fourth-order valence-electron chi connectivity index (χ4n) is 3.78. The van der Waals surface area contributed by atoms with Crippen molar-refractivity contribution in [2.45, 2.75) is 44.6 Å². The zero-order chi connectivity index (χ0) is 14.9. The van der Waals surface area contributed by atoms with Crippen molar-refractivity contribution in [2.75, 3.05) is 6.54 Å². The van der Waals surface area contributed by atoms with Gasteiger partial charge in [-0.2, -0.15) is 5.10 Å². The minimum atomic E-state index is 0. The van der Waals surface area contributed by atoms with E-state index in [1.165, 1.54) is 30.4 Å². The molecule has 1 aliphatic heterocycles. The van der Waals surface area contributed by atoms with Crippen molar-refractivity contribution < 1.29 is 4.74 Å². The summed E-state index contributed by atoms with van der Waals surface area (Å²) >= 11 is 0. The smallest absolute Gasteiger partial charge is 0.238 e. The van der Waals surface area contributed by atoms with Gasteiger partial charge in [-0.15, -0.1) is 17.5 Å². The largest absolute Gasteiger partial charge is 0.437 e. The van der Waals surface area contributed by atoms with Crippen LogP contribution in [-0.4, -0.2) is 22.8 Å². The summed E-state index contributed by atoms with van der Waals surface area (Å²) < 4.78 is 6.08. The van der Waals surface area contributed by atoms with Gasteiger partial charge >= 0.3 is 0 Å². The number of halogens is 1. The minimum Gasteiger partial charge on any atom is -0.437 e. The van der Waals surface area contributed by atoms with Crippen molar-refractivity contribution in [1.82, 2.24) is 15.5 Å². The molecule has 0 unspecified atom stereocenters. The lowest BCUT2D eigenvalue weighted by molar-refractivity contribution is 0.311. The van der Waals surface area contributed by atoms with Crippen LogP contribution in [0.5, 0.6) is 11.6 Å². The number of hydrogen-bond acceptors (Lipinski definition) is 4. The molecule has 1 aromatic carbocycles. The zero-order valence-corrected chi connectivity index (χ0v) is 14.1. The first kappa shape index (κ1) is 16.2. The summed E-state index contributed by atoms with van der Waals surface area (Å²) in [5, 5.41) is 11.9. The molecule has 2 atom stereocenters. The van der Waals surface area contributed by atoms with Gasteiger partial charge in [0.1, 0.15) is 5.75 Å². The van der Waals surface area contributed by atoms with Gasteiger partial charge in [0.25, 0.3) is 0 Å². The Hall–Kier alpha value is -1.65. The van der Waals surface area contributed by atoms with Crippen LogP contribution in [0.3, 0.4) is 0 Å². The molecular weight excluding hydrogens is 310 g/mol. The van der Waals surface area contributed by atoms with Crippen LogP contribution in [0.1, 0.15) is 42.0 Å². The predicted molar refractivity (Wildman–Crippen MR) is 92.6 cm³/mol. The Morgan fingerprint density at radius 1 is 1.13 bits per heavy atom. The Morgan fingerprint density at radius 3 is 2.87 bits per heavy atom. The summed E-state index contributed by atoms with van der Waals surface area (Å²) in [5.41, 5.74) is 3.72. The summed E-state index contributed by atoms with van der Waals surface area (Å²) in [5.74, 6) is 2.09. The first-order valence-corrected chi connectivity index (χ1v) is 8.14. The van der Waals surface area contributed by atoms with Gasteiger partial charge in [0, 0.05) is 23.6 Å². The number of hydrogen-bond donors (Lipinski definition) is 1. The lowest BCUT2D eigenvalue weighted by atomic mass is 9.75. The summed E-state index contributed by atoms with van der Waals surface area (Å²) in [7, 11) is 0. The van der Waals surface area contributed by atoms with Crippen LogP contribution in [0.2, 0.25) is 0 Å². The number of benzene rings is 1. The molecule has 4 rings (SSSR count). The van der Waals surface area contributed by atoms with E-state index in [0.717, 1.165) is 24.4 Å². The summed E-state index contributed by atoms with van der Waals surface area (Å²) in [6.07, 6.45) is 4.83. The van der Waals surface area contributed by atoms with Gasteiger partial charge in [-0.25, -0.2) is 0 Å². The normalized spacial score (nSPS) is 22.5. The number of rotatable bonds is 2. The first-order valence-electron chi connectivity index (χ1n) is 8.14. The molecule has 2 aliphatic rings. The zero-order valence-electron chi connectivity index (χ0n) is 13.3. The van der Waals surface area contributed by atoms with E-state index in [2.05, 4.69) is 33.7 Å². The Labute approximate surface area is 143 Å². The number of nitrogens with one attached hydrogen (secondary N) is 1. The molecule has 1 N–H and O–H groups in total. The molecular formula is C18H22ClN3O. The third-order valence-electron chi connectivity index (χ3n) is 4.82. The number of nitrogens with zero attached hydrogens (tertiary/aromatic N) is 2. The molecule has 0 spiro atoms. The molecule has 0 bridgehead atoms. The summed E-state index contributed by atoms with van der Waals surface area (Å²) in [6, 6.07) is 10.8. The topological polar surface area (TPSA) is 47.0 Å². The molecule has 2 aromatic rings. The highest BCUT2D eigenvalue weighted by atomic mass is 35.5. The molecule has 2 heterocycles. The monoisotopic (exact) mass is 331 g/mol. The lowest BCUT2D eigenvalue weighted by Gasteiger charge is -2.38. The lowest BCUT2D eigenvalue weighted by Crippen LogP contribution is -2.42. The second-order valence-electron chi connectivity index (χ2n) is 6.29. The van der Waals surface area contributed by atoms with Crippen molar-refractivity contribution in [3.8, 4) is 11.6 Å². The molecule has 1 aromatic heterocycles. The third kappa shape index (κ3) is 3.19.